The van der Waals surface area contributed by atoms with Gasteiger partial charge in [-0.25, -0.2) is 10.9 Å². The van der Waals surface area contributed by atoms with Gasteiger partial charge in [0.25, 0.3) is 0 Å². The maximum absolute atomic E-state index is 11.8. The van der Waals surface area contributed by atoms with Crippen molar-refractivity contribution in [2.45, 2.75) is 0 Å². The van der Waals surface area contributed by atoms with E-state index in [1.807, 2.05) is 0 Å². The number of hydrazone groups is 2. The van der Waals surface area contributed by atoms with Crippen LogP contribution in [0, 0.1) is 0 Å². The lowest BCUT2D eigenvalue weighted by Gasteiger charge is -2.05. The maximum Gasteiger partial charge on any atom is 0.331 e. The van der Waals surface area contributed by atoms with Crippen molar-refractivity contribution in [3.8, 4) is 11.5 Å². The Morgan fingerprint density at radius 2 is 1.21 bits per heavy atom. The van der Waals surface area contributed by atoms with Gasteiger partial charge < -0.3 is 9.47 Å². The lowest BCUT2D eigenvalue weighted by molar-refractivity contribution is -0.139. The molecule has 0 fully saturated rings. The second-order valence-electron chi connectivity index (χ2n) is 5.17. The van der Waals surface area contributed by atoms with E-state index in [2.05, 4.69) is 52.9 Å². The molecular formula is C18H16Br2N4O4. The third-order valence-electron chi connectivity index (χ3n) is 3.33. The smallest absolute Gasteiger partial charge is 0.331 e. The second-order valence-corrected chi connectivity index (χ2v) is 7.00. The van der Waals surface area contributed by atoms with Crippen LogP contribution in [0.15, 0.2) is 55.5 Å². The quantitative estimate of drug-likeness (QED) is 0.353. The zero-order valence-corrected chi connectivity index (χ0v) is 18.1. The van der Waals surface area contributed by atoms with Crippen LogP contribution in [0.4, 0.5) is 0 Å². The molecule has 0 heterocycles. The van der Waals surface area contributed by atoms with Gasteiger partial charge >= 0.3 is 11.8 Å². The Balaban J connectivity index is 1.94. The number of methoxy groups -OCH3 is 2. The van der Waals surface area contributed by atoms with E-state index in [1.165, 1.54) is 26.6 Å². The zero-order chi connectivity index (χ0) is 20.5. The molecule has 0 saturated heterocycles. The van der Waals surface area contributed by atoms with Gasteiger partial charge in [0, 0.05) is 20.1 Å². The van der Waals surface area contributed by atoms with Crippen molar-refractivity contribution in [2.75, 3.05) is 14.2 Å². The fourth-order valence-corrected chi connectivity index (χ4v) is 2.79. The van der Waals surface area contributed by atoms with Gasteiger partial charge in [0.2, 0.25) is 0 Å². The van der Waals surface area contributed by atoms with Crippen LogP contribution in [0.3, 0.4) is 0 Å². The van der Waals surface area contributed by atoms with Gasteiger partial charge in [-0.2, -0.15) is 10.2 Å². The van der Waals surface area contributed by atoms with Gasteiger partial charge in [-0.05, 0) is 36.4 Å². The first-order chi connectivity index (χ1) is 13.4. The molecular weight excluding hydrogens is 496 g/mol. The van der Waals surface area contributed by atoms with Gasteiger partial charge in [0.1, 0.15) is 11.5 Å². The van der Waals surface area contributed by atoms with E-state index in [-0.39, 0.29) is 0 Å². The van der Waals surface area contributed by atoms with E-state index in [4.69, 9.17) is 9.47 Å². The fraction of sp³-hybridized carbons (Fsp3) is 0.111. The number of ether oxygens (including phenoxy) is 2. The first-order valence-corrected chi connectivity index (χ1v) is 9.36. The number of nitrogens with one attached hydrogen (secondary N) is 2. The SMILES string of the molecule is COc1ccc(Br)cc1C=NNC(=O)C(=O)NN=Cc1cc(Br)ccc1OC. The molecule has 8 nitrogen and oxygen atoms in total. The molecule has 146 valence electrons. The summed E-state index contributed by atoms with van der Waals surface area (Å²) >= 11 is 6.67. The minimum absolute atomic E-state index is 0.568. The summed E-state index contributed by atoms with van der Waals surface area (Å²) in [7, 11) is 3.04. The van der Waals surface area contributed by atoms with E-state index in [0.717, 1.165) is 8.95 Å². The molecule has 0 aliphatic carbocycles. The van der Waals surface area contributed by atoms with Crippen molar-refractivity contribution in [1.82, 2.24) is 10.9 Å². The van der Waals surface area contributed by atoms with E-state index in [9.17, 15) is 9.59 Å². The number of hydrogen-bond donors (Lipinski definition) is 2. The molecule has 0 bridgehead atoms. The first-order valence-electron chi connectivity index (χ1n) is 7.78. The molecule has 2 aromatic rings. The first kappa shape index (κ1) is 21.6. The van der Waals surface area contributed by atoms with Crippen LogP contribution in [0.25, 0.3) is 0 Å². The zero-order valence-electron chi connectivity index (χ0n) is 14.9. The number of carbonyl (C=O) groups excluding carboxylic acids is 2. The van der Waals surface area contributed by atoms with Crippen LogP contribution >= 0.6 is 31.9 Å². The summed E-state index contributed by atoms with van der Waals surface area (Å²) in [5.74, 6) is -0.802. The lowest BCUT2D eigenvalue weighted by Crippen LogP contribution is -2.35. The summed E-state index contributed by atoms with van der Waals surface area (Å²) in [6.45, 7) is 0. The largest absolute Gasteiger partial charge is 0.496 e. The summed E-state index contributed by atoms with van der Waals surface area (Å²) in [5.41, 5.74) is 5.49. The fourth-order valence-electron chi connectivity index (χ4n) is 2.03. The number of amides is 2. The number of nitrogens with zero attached hydrogens (tertiary/aromatic N) is 2. The molecule has 0 aliphatic rings. The molecule has 0 radical (unpaired) electrons. The van der Waals surface area contributed by atoms with E-state index >= 15 is 0 Å². The molecule has 10 heteroatoms. The Morgan fingerprint density at radius 1 is 0.821 bits per heavy atom. The Kier molecular flexibility index (Phi) is 8.15. The normalized spacial score (nSPS) is 10.9. The highest BCUT2D eigenvalue weighted by Gasteiger charge is 2.11. The summed E-state index contributed by atoms with van der Waals surface area (Å²) in [6, 6.07) is 10.6. The number of benzene rings is 2. The molecule has 0 aliphatic heterocycles. The molecule has 0 atom stereocenters. The summed E-state index contributed by atoms with van der Waals surface area (Å²) < 4.78 is 12.0. The molecule has 28 heavy (non-hydrogen) atoms. The Bertz CT molecular complexity index is 856. The van der Waals surface area contributed by atoms with Gasteiger partial charge in [-0.1, -0.05) is 31.9 Å². The standard InChI is InChI=1S/C18H16Br2N4O4/c1-27-15-5-3-13(19)7-11(15)9-21-23-17(25)18(26)24-22-10-12-8-14(20)4-6-16(12)28-2/h3-10H,1-2H3,(H,23,25)(H,24,26). The van der Waals surface area contributed by atoms with E-state index in [0.29, 0.717) is 22.6 Å². The van der Waals surface area contributed by atoms with E-state index in [1.54, 1.807) is 36.4 Å². The van der Waals surface area contributed by atoms with Gasteiger partial charge in [0.05, 0.1) is 26.6 Å². The highest BCUT2D eigenvalue weighted by molar-refractivity contribution is 9.10. The van der Waals surface area contributed by atoms with Crippen LogP contribution in [0.1, 0.15) is 11.1 Å². The summed E-state index contributed by atoms with van der Waals surface area (Å²) in [6.07, 6.45) is 2.73. The van der Waals surface area contributed by atoms with Crippen molar-refractivity contribution in [1.29, 1.82) is 0 Å². The monoisotopic (exact) mass is 510 g/mol. The van der Waals surface area contributed by atoms with Gasteiger partial charge in [-0.3, -0.25) is 9.59 Å². The second kappa shape index (κ2) is 10.6. The van der Waals surface area contributed by atoms with E-state index < -0.39 is 11.8 Å². The van der Waals surface area contributed by atoms with Crippen molar-refractivity contribution in [2.24, 2.45) is 10.2 Å². The highest BCUT2D eigenvalue weighted by atomic mass is 79.9. The average Bonchev–Trinajstić information content (AvgIpc) is 2.68. The minimum Gasteiger partial charge on any atom is -0.496 e. The lowest BCUT2D eigenvalue weighted by atomic mass is 10.2. The number of rotatable bonds is 6. The van der Waals surface area contributed by atoms with Crippen LogP contribution in [-0.2, 0) is 9.59 Å². The Labute approximate surface area is 178 Å². The molecule has 0 saturated carbocycles. The van der Waals surface area contributed by atoms with Crippen molar-refractivity contribution >= 4 is 56.1 Å². The molecule has 2 aromatic carbocycles. The third-order valence-corrected chi connectivity index (χ3v) is 4.32. The van der Waals surface area contributed by atoms with Crippen LogP contribution in [0.2, 0.25) is 0 Å². The minimum atomic E-state index is -0.969. The van der Waals surface area contributed by atoms with Crippen LogP contribution in [0.5, 0.6) is 11.5 Å². The summed E-state index contributed by atoms with van der Waals surface area (Å²) in [5, 5.41) is 7.51. The summed E-state index contributed by atoms with van der Waals surface area (Å²) in [4.78, 5) is 23.6. The van der Waals surface area contributed by atoms with Gasteiger partial charge in [-0.15, -0.1) is 0 Å². The molecule has 2 N–H and O–H groups in total. The molecule has 2 rings (SSSR count). The van der Waals surface area contributed by atoms with Gasteiger partial charge in [0.15, 0.2) is 0 Å². The predicted molar refractivity (Wildman–Crippen MR) is 113 cm³/mol. The van der Waals surface area contributed by atoms with Crippen molar-refractivity contribution in [3.05, 3.63) is 56.5 Å². The van der Waals surface area contributed by atoms with Crippen LogP contribution < -0.4 is 20.3 Å². The highest BCUT2D eigenvalue weighted by Crippen LogP contribution is 2.22. The predicted octanol–water partition coefficient (Wildman–Crippen LogP) is 2.83. The number of carbonyl (C=O) groups is 2. The third kappa shape index (κ3) is 6.17. The molecule has 2 amide bonds. The molecule has 0 spiro atoms. The maximum atomic E-state index is 11.8. The molecule has 0 unspecified atom stereocenters. The number of hydrogen-bond acceptors (Lipinski definition) is 6. The Morgan fingerprint density at radius 3 is 1.57 bits per heavy atom. The van der Waals surface area contributed by atoms with Crippen molar-refractivity contribution in [3.63, 3.8) is 0 Å². The van der Waals surface area contributed by atoms with Crippen LogP contribution in [-0.4, -0.2) is 38.5 Å². The Hall–Kier alpha value is -2.72. The topological polar surface area (TPSA) is 101 Å². The average molecular weight is 512 g/mol. The van der Waals surface area contributed by atoms with Crippen molar-refractivity contribution < 1.29 is 19.1 Å². The molecule has 0 aromatic heterocycles. The number of halogens is 2.